The molecule has 31 heavy (non-hydrogen) atoms. The van der Waals surface area contributed by atoms with Crippen molar-refractivity contribution in [3.8, 4) is 0 Å². The highest BCUT2D eigenvalue weighted by molar-refractivity contribution is 9.10. The molecule has 0 saturated heterocycles. The number of allylic oxidation sites excluding steroid dienone is 1. The Morgan fingerprint density at radius 1 is 0.871 bits per heavy atom. The summed E-state index contributed by atoms with van der Waals surface area (Å²) in [7, 11) is -5.64. The Balaban J connectivity index is 0.000000194. The summed E-state index contributed by atoms with van der Waals surface area (Å²) in [6.07, 6.45) is 5.17. The second-order valence-corrected chi connectivity index (χ2v) is 10.3. The Kier molecular flexibility index (Phi) is 7.32. The lowest BCUT2D eigenvalue weighted by atomic mass is 9.91. The Morgan fingerprint density at radius 3 is 2.06 bits per heavy atom. The van der Waals surface area contributed by atoms with Crippen molar-refractivity contribution >= 4 is 53.5 Å². The average molecular weight is 582 g/mol. The number of Topliss-reactive ketones (excluding diaryl/α,β-unsaturated/α-hetero) is 1. The standard InChI is InChI=1S/C11H8BrF3O3S.C10H9BrO/c12-8-5-4-7-2-1-3-10(9(7)6-8)18-19(16,17)11(13,14)15;11-8-5-4-7-2-1-3-10(12)9(7)6-8/h3-6H,1-2H2;4-6H,1-3H2. The maximum atomic E-state index is 12.3. The molecule has 0 fully saturated rings. The Labute approximate surface area is 194 Å². The summed E-state index contributed by atoms with van der Waals surface area (Å²) in [6.45, 7) is 0. The van der Waals surface area contributed by atoms with Gasteiger partial charge in [0.05, 0.1) is 0 Å². The number of aryl methyl sites for hydroxylation is 2. The van der Waals surface area contributed by atoms with Crippen molar-refractivity contribution < 1.29 is 30.6 Å². The van der Waals surface area contributed by atoms with Gasteiger partial charge in [-0.3, -0.25) is 4.79 Å². The maximum absolute atomic E-state index is 12.3. The van der Waals surface area contributed by atoms with Crippen LogP contribution in [0, 0.1) is 0 Å². The molecule has 2 aliphatic carbocycles. The van der Waals surface area contributed by atoms with E-state index >= 15 is 0 Å². The fraction of sp³-hybridized carbons (Fsp3) is 0.286. The predicted octanol–water partition coefficient (Wildman–Crippen LogP) is 6.57. The number of halogens is 5. The lowest BCUT2D eigenvalue weighted by Gasteiger charge is -2.18. The van der Waals surface area contributed by atoms with Crippen LogP contribution in [-0.4, -0.2) is 19.7 Å². The van der Waals surface area contributed by atoms with Crippen LogP contribution in [0.1, 0.15) is 46.3 Å². The van der Waals surface area contributed by atoms with Gasteiger partial charge in [-0.2, -0.15) is 21.6 Å². The molecule has 2 aromatic rings. The minimum Gasteiger partial charge on any atom is -0.376 e. The van der Waals surface area contributed by atoms with E-state index in [0.717, 1.165) is 28.4 Å². The van der Waals surface area contributed by atoms with Gasteiger partial charge in [-0.15, -0.1) is 0 Å². The first kappa shape index (κ1) is 24.0. The van der Waals surface area contributed by atoms with E-state index in [-0.39, 0.29) is 11.5 Å². The highest BCUT2D eigenvalue weighted by Crippen LogP contribution is 2.34. The molecule has 0 amide bonds. The summed E-state index contributed by atoms with van der Waals surface area (Å²) in [5, 5.41) is 0. The zero-order valence-corrected chi connectivity index (χ0v) is 20.0. The van der Waals surface area contributed by atoms with E-state index in [2.05, 4.69) is 36.0 Å². The van der Waals surface area contributed by atoms with Crippen LogP contribution < -0.4 is 0 Å². The van der Waals surface area contributed by atoms with Crippen molar-refractivity contribution in [2.45, 2.75) is 37.6 Å². The lowest BCUT2D eigenvalue weighted by molar-refractivity contribution is -0.0509. The van der Waals surface area contributed by atoms with Gasteiger partial charge in [-0.1, -0.05) is 44.0 Å². The first-order valence-corrected chi connectivity index (χ1v) is 12.3. The van der Waals surface area contributed by atoms with Crippen molar-refractivity contribution in [2.24, 2.45) is 0 Å². The molecular weight excluding hydrogens is 565 g/mol. The van der Waals surface area contributed by atoms with E-state index in [9.17, 15) is 26.4 Å². The van der Waals surface area contributed by atoms with E-state index in [1.54, 1.807) is 12.1 Å². The summed E-state index contributed by atoms with van der Waals surface area (Å²) < 4.78 is 64.8. The van der Waals surface area contributed by atoms with Crippen LogP contribution in [-0.2, 0) is 27.1 Å². The number of carbonyl (C=O) groups excluding carboxylic acids is 1. The zero-order valence-electron chi connectivity index (χ0n) is 16.0. The van der Waals surface area contributed by atoms with Gasteiger partial charge in [0.15, 0.2) is 5.78 Å². The summed E-state index contributed by atoms with van der Waals surface area (Å²) >= 11 is 6.55. The highest BCUT2D eigenvalue weighted by Gasteiger charge is 2.49. The van der Waals surface area contributed by atoms with Crippen molar-refractivity contribution in [3.63, 3.8) is 0 Å². The zero-order chi connectivity index (χ0) is 22.8. The first-order valence-electron chi connectivity index (χ1n) is 9.29. The maximum Gasteiger partial charge on any atom is 0.534 e. The summed E-state index contributed by atoms with van der Waals surface area (Å²) in [4.78, 5) is 11.4. The third kappa shape index (κ3) is 5.78. The molecule has 0 heterocycles. The molecule has 4 nitrogen and oxygen atoms in total. The minimum absolute atomic E-state index is 0.278. The molecule has 0 N–H and O–H groups in total. The van der Waals surface area contributed by atoms with Crippen molar-refractivity contribution in [2.75, 3.05) is 0 Å². The largest absolute Gasteiger partial charge is 0.534 e. The Morgan fingerprint density at radius 2 is 1.45 bits per heavy atom. The molecule has 2 aromatic carbocycles. The van der Waals surface area contributed by atoms with Crippen molar-refractivity contribution in [3.05, 3.63) is 73.7 Å². The van der Waals surface area contributed by atoms with Gasteiger partial charge in [-0.25, -0.2) is 0 Å². The molecule has 10 heteroatoms. The normalized spacial score (nSPS) is 15.8. The topological polar surface area (TPSA) is 60.4 Å². The van der Waals surface area contributed by atoms with E-state index in [4.69, 9.17) is 0 Å². The van der Waals surface area contributed by atoms with Gasteiger partial charge >= 0.3 is 15.6 Å². The Bertz CT molecular complexity index is 1140. The molecule has 0 saturated carbocycles. The second-order valence-electron chi connectivity index (χ2n) is 6.97. The number of fused-ring (bicyclic) bond motifs is 2. The minimum atomic E-state index is -5.64. The van der Waals surface area contributed by atoms with Gasteiger partial charge < -0.3 is 4.18 Å². The van der Waals surface area contributed by atoms with Crippen molar-refractivity contribution in [1.29, 1.82) is 0 Å². The number of hydrogen-bond donors (Lipinski definition) is 0. The monoisotopic (exact) mass is 580 g/mol. The summed E-state index contributed by atoms with van der Waals surface area (Å²) in [6, 6.07) is 11.0. The number of carbonyl (C=O) groups is 1. The van der Waals surface area contributed by atoms with Gasteiger partial charge in [0.25, 0.3) is 0 Å². The van der Waals surface area contributed by atoms with Crippen LogP contribution >= 0.6 is 31.9 Å². The molecule has 0 unspecified atom stereocenters. The van der Waals surface area contributed by atoms with Crippen LogP contribution in [0.15, 0.2) is 51.4 Å². The average Bonchev–Trinajstić information content (AvgIpc) is 2.69. The lowest BCUT2D eigenvalue weighted by Crippen LogP contribution is -2.25. The molecule has 0 aliphatic heterocycles. The number of benzene rings is 2. The van der Waals surface area contributed by atoms with Gasteiger partial charge in [0.2, 0.25) is 0 Å². The Hall–Kier alpha value is -1.65. The van der Waals surface area contributed by atoms with Gasteiger partial charge in [0, 0.05) is 26.5 Å². The fourth-order valence-corrected chi connectivity index (χ4v) is 4.52. The van der Waals surface area contributed by atoms with Crippen LogP contribution in [0.25, 0.3) is 5.76 Å². The quantitative estimate of drug-likeness (QED) is 0.297. The molecule has 166 valence electrons. The molecule has 2 aliphatic rings. The van der Waals surface area contributed by atoms with Crippen LogP contribution in [0.3, 0.4) is 0 Å². The third-order valence-electron chi connectivity index (χ3n) is 4.79. The molecular formula is C21H17Br2F3O4S. The molecule has 0 aromatic heterocycles. The molecule has 4 rings (SSSR count). The fourth-order valence-electron chi connectivity index (χ4n) is 3.31. The first-order chi connectivity index (χ1) is 14.5. The van der Waals surface area contributed by atoms with Gasteiger partial charge in [0.1, 0.15) is 5.76 Å². The van der Waals surface area contributed by atoms with E-state index < -0.39 is 15.6 Å². The number of hydrogen-bond acceptors (Lipinski definition) is 4. The molecule has 0 atom stereocenters. The molecule has 0 bridgehead atoms. The van der Waals surface area contributed by atoms with E-state index in [0.29, 0.717) is 29.3 Å². The summed E-state index contributed by atoms with van der Waals surface area (Å²) in [5.41, 5.74) is -2.21. The van der Waals surface area contributed by atoms with Crippen molar-refractivity contribution in [1.82, 2.24) is 0 Å². The van der Waals surface area contributed by atoms with E-state index in [1.165, 1.54) is 17.7 Å². The van der Waals surface area contributed by atoms with Gasteiger partial charge in [-0.05, 0) is 67.2 Å². The molecule has 0 spiro atoms. The smallest absolute Gasteiger partial charge is 0.376 e. The van der Waals surface area contributed by atoms with Crippen LogP contribution in [0.5, 0.6) is 0 Å². The highest BCUT2D eigenvalue weighted by atomic mass is 79.9. The van der Waals surface area contributed by atoms with Crippen LogP contribution in [0.2, 0.25) is 0 Å². The number of rotatable bonds is 2. The number of ketones is 1. The SMILES string of the molecule is O=C1CCCc2ccc(Br)cc21.O=S(=O)(OC1=CCCc2ccc(Br)cc21)C(F)(F)F. The predicted molar refractivity (Wildman–Crippen MR) is 118 cm³/mol. The molecule has 0 radical (unpaired) electrons. The van der Waals surface area contributed by atoms with E-state index in [1.807, 2.05) is 18.2 Å². The second kappa shape index (κ2) is 9.46. The summed E-state index contributed by atoms with van der Waals surface area (Å²) in [5.74, 6) is 0.0115. The third-order valence-corrected chi connectivity index (χ3v) is 6.74. The van der Waals surface area contributed by atoms with Crippen LogP contribution in [0.4, 0.5) is 13.2 Å². The number of alkyl halides is 3.